The van der Waals surface area contributed by atoms with Gasteiger partial charge in [0.15, 0.2) is 0 Å². The third-order valence-corrected chi connectivity index (χ3v) is 3.67. The second-order valence-electron chi connectivity index (χ2n) is 5.11. The van der Waals surface area contributed by atoms with Gasteiger partial charge in [0.1, 0.15) is 5.75 Å². The molecule has 1 aromatic carbocycles. The number of methoxy groups -OCH3 is 1. The highest BCUT2D eigenvalue weighted by molar-refractivity contribution is 5.66. The number of amides is 1. The zero-order valence-corrected chi connectivity index (χ0v) is 11.5. The van der Waals surface area contributed by atoms with Crippen molar-refractivity contribution in [3.8, 4) is 5.75 Å². The number of alkyl halides is 3. The van der Waals surface area contributed by atoms with Gasteiger partial charge in [-0.2, -0.15) is 13.2 Å². The van der Waals surface area contributed by atoms with Crippen molar-refractivity contribution in [3.63, 3.8) is 0 Å². The number of aryl methyl sites for hydroxylation is 1. The molecule has 0 aliphatic carbocycles. The average Bonchev–Trinajstić information content (AvgIpc) is 2.35. The number of halogens is 3. The summed E-state index contributed by atoms with van der Waals surface area (Å²) in [5.74, 6) is 0.302. The zero-order chi connectivity index (χ0) is 15.6. The molecule has 21 heavy (non-hydrogen) atoms. The highest BCUT2D eigenvalue weighted by atomic mass is 19.4. The first-order valence-electron chi connectivity index (χ1n) is 6.53. The van der Waals surface area contributed by atoms with E-state index in [4.69, 9.17) is 9.84 Å². The quantitative estimate of drug-likeness (QED) is 0.929. The third kappa shape index (κ3) is 3.59. The molecule has 0 bridgehead atoms. The van der Waals surface area contributed by atoms with E-state index in [2.05, 4.69) is 0 Å². The average molecular weight is 303 g/mol. The molecule has 7 heteroatoms. The van der Waals surface area contributed by atoms with E-state index >= 15 is 0 Å². The molecule has 0 atom stereocenters. The molecule has 0 aromatic heterocycles. The van der Waals surface area contributed by atoms with Crippen LogP contribution < -0.4 is 4.74 Å². The standard InChI is InChI=1S/C14H16F3NO3/c1-21-11-5-4-10(12(6-11)14(15,16)17)3-2-9-7-18(8-9)13(19)20/h4-6,9H,2-3,7-8H2,1H3,(H,19,20). The molecule has 4 nitrogen and oxygen atoms in total. The Labute approximate surface area is 120 Å². The van der Waals surface area contributed by atoms with Crippen molar-refractivity contribution in [3.05, 3.63) is 29.3 Å². The maximum Gasteiger partial charge on any atom is 0.416 e. The van der Waals surface area contributed by atoms with Gasteiger partial charge in [0.25, 0.3) is 0 Å². The van der Waals surface area contributed by atoms with Crippen molar-refractivity contribution in [2.45, 2.75) is 19.0 Å². The van der Waals surface area contributed by atoms with Gasteiger partial charge in [0, 0.05) is 13.1 Å². The number of hydrogen-bond acceptors (Lipinski definition) is 2. The lowest BCUT2D eigenvalue weighted by atomic mass is 9.91. The van der Waals surface area contributed by atoms with Crippen molar-refractivity contribution < 1.29 is 27.8 Å². The van der Waals surface area contributed by atoms with Crippen LogP contribution in [0.3, 0.4) is 0 Å². The van der Waals surface area contributed by atoms with Crippen molar-refractivity contribution >= 4 is 6.09 Å². The summed E-state index contributed by atoms with van der Waals surface area (Å²) in [7, 11) is 1.32. The number of ether oxygens (including phenoxy) is 1. The Morgan fingerprint density at radius 1 is 1.43 bits per heavy atom. The van der Waals surface area contributed by atoms with Crippen LogP contribution in [0.5, 0.6) is 5.75 Å². The molecule has 1 amide bonds. The lowest BCUT2D eigenvalue weighted by Gasteiger charge is -2.37. The summed E-state index contributed by atoms with van der Waals surface area (Å²) in [5.41, 5.74) is -0.465. The summed E-state index contributed by atoms with van der Waals surface area (Å²) in [6.07, 6.45) is -4.58. The molecule has 1 heterocycles. The van der Waals surface area contributed by atoms with Gasteiger partial charge in [0.05, 0.1) is 12.7 Å². The van der Waals surface area contributed by atoms with Gasteiger partial charge in [-0.15, -0.1) is 0 Å². The smallest absolute Gasteiger partial charge is 0.416 e. The summed E-state index contributed by atoms with van der Waals surface area (Å²) < 4.78 is 43.9. The maximum atomic E-state index is 13.0. The molecule has 0 saturated carbocycles. The van der Waals surface area contributed by atoms with Crippen molar-refractivity contribution in [1.82, 2.24) is 4.90 Å². The second kappa shape index (κ2) is 5.83. The van der Waals surface area contributed by atoms with Crippen LogP contribution in [0.15, 0.2) is 18.2 Å². The van der Waals surface area contributed by atoms with E-state index in [9.17, 15) is 18.0 Å². The Balaban J connectivity index is 2.02. The molecule has 1 N–H and O–H groups in total. The highest BCUT2D eigenvalue weighted by Crippen LogP contribution is 2.35. The summed E-state index contributed by atoms with van der Waals surface area (Å²) in [6.45, 7) is 0.791. The first-order valence-corrected chi connectivity index (χ1v) is 6.53. The van der Waals surface area contributed by atoms with Crippen LogP contribution in [0.1, 0.15) is 17.5 Å². The van der Waals surface area contributed by atoms with Gasteiger partial charge < -0.3 is 14.7 Å². The molecule has 0 unspecified atom stereocenters. The molecular weight excluding hydrogens is 287 g/mol. The van der Waals surface area contributed by atoms with Crippen LogP contribution in [0.25, 0.3) is 0 Å². The largest absolute Gasteiger partial charge is 0.497 e. The zero-order valence-electron chi connectivity index (χ0n) is 11.5. The Bertz CT molecular complexity index is 525. The molecule has 0 radical (unpaired) electrons. The lowest BCUT2D eigenvalue weighted by Crippen LogP contribution is -2.49. The van der Waals surface area contributed by atoms with E-state index in [-0.39, 0.29) is 23.7 Å². The number of carbonyl (C=O) groups is 1. The first kappa shape index (κ1) is 15.5. The fourth-order valence-corrected chi connectivity index (χ4v) is 2.43. The fourth-order valence-electron chi connectivity index (χ4n) is 2.43. The number of rotatable bonds is 4. The molecule has 1 aliphatic rings. The van der Waals surface area contributed by atoms with E-state index in [1.165, 1.54) is 24.1 Å². The Hall–Kier alpha value is -1.92. The first-order chi connectivity index (χ1) is 9.81. The number of nitrogens with zero attached hydrogens (tertiary/aromatic N) is 1. The molecule has 1 aliphatic heterocycles. The minimum atomic E-state index is -4.42. The second-order valence-corrected chi connectivity index (χ2v) is 5.11. The van der Waals surface area contributed by atoms with E-state index in [0.29, 0.717) is 19.5 Å². The van der Waals surface area contributed by atoms with Gasteiger partial charge in [-0.05, 0) is 36.5 Å². The Morgan fingerprint density at radius 2 is 2.10 bits per heavy atom. The predicted octanol–water partition coefficient (Wildman–Crippen LogP) is 3.26. The van der Waals surface area contributed by atoms with Gasteiger partial charge in [-0.3, -0.25) is 0 Å². The molecule has 0 spiro atoms. The monoisotopic (exact) mass is 303 g/mol. The molecule has 116 valence electrons. The summed E-state index contributed by atoms with van der Waals surface area (Å²) in [6, 6.07) is 3.93. The number of carboxylic acid groups (broad SMARTS) is 1. The summed E-state index contributed by atoms with van der Waals surface area (Å²) in [4.78, 5) is 11.9. The number of hydrogen-bond donors (Lipinski definition) is 1. The van der Waals surface area contributed by atoms with Gasteiger partial charge in [-0.25, -0.2) is 4.79 Å². The minimum absolute atomic E-state index is 0.129. The highest BCUT2D eigenvalue weighted by Gasteiger charge is 2.35. The number of likely N-dealkylation sites (tertiary alicyclic amines) is 1. The van der Waals surface area contributed by atoms with Crippen molar-refractivity contribution in [2.75, 3.05) is 20.2 Å². The Morgan fingerprint density at radius 3 is 2.62 bits per heavy atom. The van der Waals surface area contributed by atoms with E-state index in [1.54, 1.807) is 0 Å². The van der Waals surface area contributed by atoms with Crippen molar-refractivity contribution in [1.29, 1.82) is 0 Å². The molecule has 2 rings (SSSR count). The third-order valence-electron chi connectivity index (χ3n) is 3.67. The van der Waals surface area contributed by atoms with Crippen LogP contribution >= 0.6 is 0 Å². The van der Waals surface area contributed by atoms with Crippen LogP contribution in [0.2, 0.25) is 0 Å². The van der Waals surface area contributed by atoms with Gasteiger partial charge in [0.2, 0.25) is 0 Å². The van der Waals surface area contributed by atoms with Gasteiger partial charge in [-0.1, -0.05) is 6.07 Å². The van der Waals surface area contributed by atoms with E-state index < -0.39 is 17.8 Å². The predicted molar refractivity (Wildman–Crippen MR) is 69.4 cm³/mol. The summed E-state index contributed by atoms with van der Waals surface area (Å²) in [5, 5.41) is 8.71. The molecule has 1 aromatic rings. The van der Waals surface area contributed by atoms with Crippen molar-refractivity contribution in [2.24, 2.45) is 5.92 Å². The van der Waals surface area contributed by atoms with Crippen LogP contribution in [-0.4, -0.2) is 36.3 Å². The Kier molecular flexibility index (Phi) is 4.29. The SMILES string of the molecule is COc1ccc(CCC2CN(C(=O)O)C2)c(C(F)(F)F)c1. The normalized spacial score (nSPS) is 15.7. The topological polar surface area (TPSA) is 49.8 Å². The van der Waals surface area contributed by atoms with Gasteiger partial charge >= 0.3 is 12.3 Å². The van der Waals surface area contributed by atoms with E-state index in [1.807, 2.05) is 0 Å². The lowest BCUT2D eigenvalue weighted by molar-refractivity contribution is -0.138. The van der Waals surface area contributed by atoms with Crippen LogP contribution in [0, 0.1) is 5.92 Å². The maximum absolute atomic E-state index is 13.0. The van der Waals surface area contributed by atoms with E-state index in [0.717, 1.165) is 6.07 Å². The fraction of sp³-hybridized carbons (Fsp3) is 0.500. The summed E-state index contributed by atoms with van der Waals surface area (Å²) >= 11 is 0. The van der Waals surface area contributed by atoms with Crippen LogP contribution in [-0.2, 0) is 12.6 Å². The molecule has 1 saturated heterocycles. The minimum Gasteiger partial charge on any atom is -0.497 e. The molecular formula is C14H16F3NO3. The number of benzene rings is 1. The molecule has 1 fully saturated rings. The van der Waals surface area contributed by atoms with Crippen LogP contribution in [0.4, 0.5) is 18.0 Å².